The van der Waals surface area contributed by atoms with Crippen LogP contribution in [0.2, 0.25) is 0 Å². The number of fused-ring (bicyclic) bond motifs is 2. The van der Waals surface area contributed by atoms with E-state index in [1.165, 1.54) is 33.2 Å². The van der Waals surface area contributed by atoms with E-state index in [1.54, 1.807) is 0 Å². The van der Waals surface area contributed by atoms with E-state index in [1.807, 2.05) is 24.3 Å². The summed E-state index contributed by atoms with van der Waals surface area (Å²) < 4.78 is 0. The zero-order valence-corrected chi connectivity index (χ0v) is 24.0. The molecule has 0 aliphatic heterocycles. The zero-order valence-electron chi connectivity index (χ0n) is 24.0. The number of hydrogen-bond acceptors (Lipinski definition) is 2. The Labute approximate surface area is 253 Å². The Bertz CT molecular complexity index is 2020. The van der Waals surface area contributed by atoms with Gasteiger partial charge in [0.1, 0.15) is 0 Å². The van der Waals surface area contributed by atoms with Gasteiger partial charge in [-0.15, -0.1) is 0 Å². The van der Waals surface area contributed by atoms with Gasteiger partial charge in [0.25, 0.3) is 0 Å². The number of rotatable bonds is 5. The maximum absolute atomic E-state index is 9.30. The van der Waals surface area contributed by atoms with Gasteiger partial charge in [0.2, 0.25) is 0 Å². The molecule has 0 aromatic heterocycles. The highest BCUT2D eigenvalue weighted by Gasteiger charge is 2.21. The van der Waals surface area contributed by atoms with Crippen molar-refractivity contribution < 1.29 is 0 Å². The van der Waals surface area contributed by atoms with Gasteiger partial charge in [-0.3, -0.25) is 0 Å². The minimum Gasteiger partial charge on any atom is -0.310 e. The lowest BCUT2D eigenvalue weighted by atomic mass is 9.91. The summed E-state index contributed by atoms with van der Waals surface area (Å²) in [5.41, 5.74) is 11.1. The van der Waals surface area contributed by atoms with Crippen molar-refractivity contribution in [2.24, 2.45) is 5.92 Å². The fourth-order valence-electron chi connectivity index (χ4n) is 6.06. The largest absolute Gasteiger partial charge is 0.310 e. The van der Waals surface area contributed by atoms with Crippen LogP contribution in [0.3, 0.4) is 0 Å². The second-order valence-corrected chi connectivity index (χ2v) is 11.0. The van der Waals surface area contributed by atoms with Crippen LogP contribution in [0.4, 0.5) is 11.4 Å². The minimum atomic E-state index is 0.296. The molecule has 0 fully saturated rings. The molecule has 0 N–H and O–H groups in total. The lowest BCUT2D eigenvalue weighted by molar-refractivity contribution is 0.946. The first kappa shape index (κ1) is 26.3. The molecular formula is C41H30N2. The Morgan fingerprint density at radius 2 is 1.16 bits per heavy atom. The molecule has 2 nitrogen and oxygen atoms in total. The first-order valence-electron chi connectivity index (χ1n) is 14.7. The van der Waals surface area contributed by atoms with Crippen LogP contribution in [-0.4, -0.2) is 0 Å². The molecule has 204 valence electrons. The van der Waals surface area contributed by atoms with E-state index in [0.717, 1.165) is 28.1 Å². The van der Waals surface area contributed by atoms with E-state index in [4.69, 9.17) is 0 Å². The van der Waals surface area contributed by atoms with Crippen molar-refractivity contribution in [2.75, 3.05) is 4.90 Å². The standard InChI is InChI=1S/C41H30N2/c1-29-17-20-31-9-5-6-14-37(31)40(27-29)43(35-12-3-2-4-13-35)36-25-23-33(24-26-36)39-16-8-11-34-10-7-15-38(41(34)39)32-21-18-30(28-42)19-22-32/h2-27,29H,1H3. The number of allylic oxidation sites excluding steroid dienone is 2. The van der Waals surface area contributed by atoms with Crippen molar-refractivity contribution in [3.63, 3.8) is 0 Å². The Morgan fingerprint density at radius 3 is 1.84 bits per heavy atom. The Morgan fingerprint density at radius 1 is 0.581 bits per heavy atom. The Kier molecular flexibility index (Phi) is 6.91. The fourth-order valence-corrected chi connectivity index (χ4v) is 6.06. The maximum Gasteiger partial charge on any atom is 0.0991 e. The number of benzene rings is 6. The highest BCUT2D eigenvalue weighted by molar-refractivity contribution is 6.06. The molecule has 0 radical (unpaired) electrons. The third kappa shape index (κ3) is 5.03. The van der Waals surface area contributed by atoms with Crippen molar-refractivity contribution in [3.8, 4) is 28.3 Å². The molecule has 1 aliphatic rings. The van der Waals surface area contributed by atoms with Gasteiger partial charge in [0.15, 0.2) is 0 Å². The van der Waals surface area contributed by atoms with Crippen molar-refractivity contribution in [3.05, 3.63) is 168 Å². The van der Waals surface area contributed by atoms with Gasteiger partial charge in [-0.2, -0.15) is 5.26 Å². The summed E-state index contributed by atoms with van der Waals surface area (Å²) >= 11 is 0. The molecule has 1 unspecified atom stereocenters. The topological polar surface area (TPSA) is 27.0 Å². The molecule has 0 heterocycles. The van der Waals surface area contributed by atoms with E-state index in [-0.39, 0.29) is 0 Å². The fraction of sp³-hybridized carbons (Fsp3) is 0.0488. The predicted octanol–water partition coefficient (Wildman–Crippen LogP) is 10.9. The number of nitriles is 1. The van der Waals surface area contributed by atoms with Crippen LogP contribution in [0.1, 0.15) is 23.6 Å². The highest BCUT2D eigenvalue weighted by Crippen LogP contribution is 2.41. The summed E-state index contributed by atoms with van der Waals surface area (Å²) in [6, 6.07) is 51.2. The molecule has 0 spiro atoms. The van der Waals surface area contributed by atoms with Crippen LogP contribution in [0.15, 0.2) is 152 Å². The molecule has 1 atom stereocenters. The van der Waals surface area contributed by atoms with Gasteiger partial charge in [-0.25, -0.2) is 0 Å². The first-order valence-corrected chi connectivity index (χ1v) is 14.7. The average Bonchev–Trinajstić information content (AvgIpc) is 3.24. The molecule has 6 aromatic rings. The summed E-state index contributed by atoms with van der Waals surface area (Å²) in [5.74, 6) is 0.296. The number of hydrogen-bond donors (Lipinski definition) is 0. The normalized spacial score (nSPS) is 14.0. The molecule has 0 saturated carbocycles. The Balaban J connectivity index is 1.35. The minimum absolute atomic E-state index is 0.296. The summed E-state index contributed by atoms with van der Waals surface area (Å²) in [6.07, 6.45) is 6.86. The van der Waals surface area contributed by atoms with Crippen molar-refractivity contribution in [1.82, 2.24) is 0 Å². The molecule has 0 amide bonds. The molecule has 1 aliphatic carbocycles. The summed E-state index contributed by atoms with van der Waals surface area (Å²) in [5, 5.41) is 11.7. The Hall–Kier alpha value is -5.65. The quantitative estimate of drug-likeness (QED) is 0.213. The molecule has 6 aromatic carbocycles. The van der Waals surface area contributed by atoms with E-state index in [2.05, 4.69) is 151 Å². The molecule has 0 saturated heterocycles. The summed E-state index contributed by atoms with van der Waals surface area (Å²) in [6.45, 7) is 2.24. The van der Waals surface area contributed by atoms with Gasteiger partial charge < -0.3 is 4.90 Å². The van der Waals surface area contributed by atoms with Crippen LogP contribution < -0.4 is 4.90 Å². The molecule has 2 heteroatoms. The van der Waals surface area contributed by atoms with Crippen molar-refractivity contribution in [2.45, 2.75) is 6.92 Å². The molecule has 0 bridgehead atoms. The second kappa shape index (κ2) is 11.3. The third-order valence-electron chi connectivity index (χ3n) is 8.16. The smallest absolute Gasteiger partial charge is 0.0991 e. The monoisotopic (exact) mass is 550 g/mol. The lowest BCUT2D eigenvalue weighted by Gasteiger charge is -2.29. The molecular weight excluding hydrogens is 520 g/mol. The van der Waals surface area contributed by atoms with Crippen LogP contribution in [-0.2, 0) is 0 Å². The summed E-state index contributed by atoms with van der Waals surface area (Å²) in [7, 11) is 0. The van der Waals surface area contributed by atoms with Crippen LogP contribution in [0.5, 0.6) is 0 Å². The highest BCUT2D eigenvalue weighted by atomic mass is 15.1. The van der Waals surface area contributed by atoms with E-state index in [9.17, 15) is 5.26 Å². The summed E-state index contributed by atoms with van der Waals surface area (Å²) in [4.78, 5) is 2.37. The molecule has 43 heavy (non-hydrogen) atoms. The third-order valence-corrected chi connectivity index (χ3v) is 8.16. The van der Waals surface area contributed by atoms with E-state index < -0.39 is 0 Å². The van der Waals surface area contributed by atoms with E-state index in [0.29, 0.717) is 11.5 Å². The number of nitrogens with zero attached hydrogens (tertiary/aromatic N) is 2. The lowest BCUT2D eigenvalue weighted by Crippen LogP contribution is -2.16. The van der Waals surface area contributed by atoms with Crippen LogP contribution in [0.25, 0.3) is 44.8 Å². The number of para-hydroxylation sites is 1. The number of anilines is 2. The van der Waals surface area contributed by atoms with E-state index >= 15 is 0 Å². The average molecular weight is 551 g/mol. The van der Waals surface area contributed by atoms with Gasteiger partial charge in [0, 0.05) is 16.9 Å². The van der Waals surface area contributed by atoms with Gasteiger partial charge >= 0.3 is 0 Å². The predicted molar refractivity (Wildman–Crippen MR) is 181 cm³/mol. The van der Waals surface area contributed by atoms with Gasteiger partial charge in [-0.05, 0) is 80.9 Å². The van der Waals surface area contributed by atoms with Gasteiger partial charge in [0.05, 0.1) is 17.3 Å². The van der Waals surface area contributed by atoms with Gasteiger partial charge in [-0.1, -0.05) is 128 Å². The van der Waals surface area contributed by atoms with Crippen LogP contribution in [0, 0.1) is 17.2 Å². The zero-order chi connectivity index (χ0) is 29.2. The van der Waals surface area contributed by atoms with Crippen molar-refractivity contribution >= 4 is 33.9 Å². The SMILES string of the molecule is CC1C=Cc2ccccc2C(N(c2ccccc2)c2ccc(-c3cccc4cccc(-c5ccc(C#N)cc5)c34)cc2)=C1. The first-order chi connectivity index (χ1) is 21.2. The second-order valence-electron chi connectivity index (χ2n) is 11.0. The van der Waals surface area contributed by atoms with Crippen LogP contribution >= 0.6 is 0 Å². The molecule has 7 rings (SSSR count). The maximum atomic E-state index is 9.30. The van der Waals surface area contributed by atoms with Crippen molar-refractivity contribution in [1.29, 1.82) is 5.26 Å².